The molecule has 0 amide bonds. The Morgan fingerprint density at radius 2 is 1.95 bits per heavy atom. The Morgan fingerprint density at radius 1 is 1.15 bits per heavy atom. The predicted molar refractivity (Wildman–Crippen MR) is 81.1 cm³/mol. The minimum atomic E-state index is 0.0445. The van der Waals surface area contributed by atoms with Crippen LogP contribution in [0, 0.1) is 5.92 Å². The molecular formula is C18H25NO. The number of ether oxygens (including phenoxy) is 1. The third-order valence-corrected chi connectivity index (χ3v) is 6.52. The van der Waals surface area contributed by atoms with Crippen molar-refractivity contribution in [3.05, 3.63) is 29.3 Å². The predicted octanol–water partition coefficient (Wildman–Crippen LogP) is 3.56. The Kier molecular flexibility index (Phi) is 2.69. The van der Waals surface area contributed by atoms with Crippen LogP contribution in [0.4, 0.5) is 0 Å². The third kappa shape index (κ3) is 1.43. The largest absolute Gasteiger partial charge is 0.497 e. The van der Waals surface area contributed by atoms with E-state index >= 15 is 0 Å². The molecule has 0 unspecified atom stereocenters. The molecule has 1 aromatic rings. The van der Waals surface area contributed by atoms with Gasteiger partial charge in [-0.3, -0.25) is 0 Å². The number of hydrogen-bond acceptors (Lipinski definition) is 2. The molecule has 3 aliphatic rings. The lowest BCUT2D eigenvalue weighted by Gasteiger charge is -2.62. The first-order valence-corrected chi connectivity index (χ1v) is 8.16. The fraction of sp³-hybridized carbons (Fsp3) is 0.667. The van der Waals surface area contributed by atoms with Crippen molar-refractivity contribution in [2.45, 2.75) is 62.3 Å². The van der Waals surface area contributed by atoms with E-state index < -0.39 is 0 Å². The molecule has 4 rings (SSSR count). The van der Waals surface area contributed by atoms with Crippen LogP contribution < -0.4 is 10.5 Å². The van der Waals surface area contributed by atoms with Crippen molar-refractivity contribution in [3.8, 4) is 5.75 Å². The second kappa shape index (κ2) is 4.24. The molecule has 3 atom stereocenters. The Labute approximate surface area is 121 Å². The monoisotopic (exact) mass is 271 g/mol. The van der Waals surface area contributed by atoms with Crippen molar-refractivity contribution < 1.29 is 4.74 Å². The van der Waals surface area contributed by atoms with Gasteiger partial charge in [0.25, 0.3) is 0 Å². The van der Waals surface area contributed by atoms with Crippen molar-refractivity contribution in [2.24, 2.45) is 11.7 Å². The highest BCUT2D eigenvalue weighted by Crippen LogP contribution is 2.60. The fourth-order valence-corrected chi connectivity index (χ4v) is 5.55. The number of benzene rings is 1. The summed E-state index contributed by atoms with van der Waals surface area (Å²) in [6, 6.07) is 6.71. The average molecular weight is 271 g/mol. The van der Waals surface area contributed by atoms with E-state index in [1.165, 1.54) is 56.9 Å². The molecule has 2 bridgehead atoms. The molecule has 0 aliphatic heterocycles. The van der Waals surface area contributed by atoms with Crippen LogP contribution in [0.15, 0.2) is 18.2 Å². The maximum absolute atomic E-state index is 7.07. The van der Waals surface area contributed by atoms with Gasteiger partial charge in [0.2, 0.25) is 0 Å². The number of nitrogens with two attached hydrogens (primary N) is 1. The second-order valence-corrected chi connectivity index (χ2v) is 7.15. The highest BCUT2D eigenvalue weighted by Gasteiger charge is 2.59. The molecule has 0 heterocycles. The second-order valence-electron chi connectivity index (χ2n) is 7.15. The van der Waals surface area contributed by atoms with E-state index in [0.717, 1.165) is 5.75 Å². The van der Waals surface area contributed by atoms with Crippen LogP contribution in [-0.2, 0) is 11.8 Å². The van der Waals surface area contributed by atoms with Crippen LogP contribution >= 0.6 is 0 Å². The minimum absolute atomic E-state index is 0.0445. The summed E-state index contributed by atoms with van der Waals surface area (Å²) in [5.74, 6) is 1.69. The first kappa shape index (κ1) is 12.7. The zero-order valence-electron chi connectivity index (χ0n) is 12.5. The lowest BCUT2D eigenvalue weighted by molar-refractivity contribution is 0.0199. The van der Waals surface area contributed by atoms with Crippen LogP contribution in [0.2, 0.25) is 0 Å². The molecule has 0 aromatic heterocycles. The van der Waals surface area contributed by atoms with Gasteiger partial charge in [0.05, 0.1) is 7.11 Å². The summed E-state index contributed by atoms with van der Waals surface area (Å²) in [7, 11) is 1.77. The number of methoxy groups -OCH3 is 1. The molecule has 0 radical (unpaired) electrons. The maximum atomic E-state index is 7.07. The number of fused-ring (bicyclic) bond motifs is 1. The first-order chi connectivity index (χ1) is 9.69. The Hall–Kier alpha value is -1.02. The van der Waals surface area contributed by atoms with Crippen LogP contribution in [0.25, 0.3) is 0 Å². The van der Waals surface area contributed by atoms with Gasteiger partial charge in [-0.2, -0.15) is 0 Å². The van der Waals surface area contributed by atoms with Gasteiger partial charge in [0.1, 0.15) is 5.75 Å². The van der Waals surface area contributed by atoms with Crippen LogP contribution in [-0.4, -0.2) is 12.6 Å². The van der Waals surface area contributed by atoms with Gasteiger partial charge in [-0.05, 0) is 61.3 Å². The van der Waals surface area contributed by atoms with Crippen molar-refractivity contribution in [1.29, 1.82) is 0 Å². The number of rotatable bonds is 1. The smallest absolute Gasteiger partial charge is 0.119 e. The molecule has 2 heteroatoms. The quantitative estimate of drug-likeness (QED) is 0.847. The zero-order valence-corrected chi connectivity index (χ0v) is 12.5. The topological polar surface area (TPSA) is 35.2 Å². The standard InChI is InChI=1S/C18H25NO/c1-20-15-7-6-13-11-14-5-4-9-17(16(13)12-15)8-2-3-10-18(14,17)19/h6-7,12,14H,2-5,8-11,19H2,1H3/t14-,17+,18-/m0/s1. The van der Waals surface area contributed by atoms with Gasteiger partial charge in [-0.1, -0.05) is 25.3 Å². The molecule has 0 saturated heterocycles. The summed E-state index contributed by atoms with van der Waals surface area (Å²) < 4.78 is 5.49. The van der Waals surface area contributed by atoms with E-state index in [4.69, 9.17) is 10.5 Å². The first-order valence-electron chi connectivity index (χ1n) is 8.16. The van der Waals surface area contributed by atoms with Gasteiger partial charge in [-0.25, -0.2) is 0 Å². The molecular weight excluding hydrogens is 246 g/mol. The van der Waals surface area contributed by atoms with E-state index in [-0.39, 0.29) is 11.0 Å². The molecule has 2 N–H and O–H groups in total. The van der Waals surface area contributed by atoms with Gasteiger partial charge in [-0.15, -0.1) is 0 Å². The summed E-state index contributed by atoms with van der Waals surface area (Å²) in [5, 5.41) is 0. The van der Waals surface area contributed by atoms with Gasteiger partial charge in [0.15, 0.2) is 0 Å². The molecule has 3 aliphatic carbocycles. The average Bonchev–Trinajstić information content (AvgIpc) is 2.46. The Bertz CT molecular complexity index is 536. The Morgan fingerprint density at radius 3 is 2.80 bits per heavy atom. The summed E-state index contributed by atoms with van der Waals surface area (Å²) >= 11 is 0. The third-order valence-electron chi connectivity index (χ3n) is 6.52. The summed E-state index contributed by atoms with van der Waals surface area (Å²) in [6.07, 6.45) is 10.3. The normalized spacial score (nSPS) is 38.8. The summed E-state index contributed by atoms with van der Waals surface area (Å²) in [6.45, 7) is 0. The summed E-state index contributed by atoms with van der Waals surface area (Å²) in [4.78, 5) is 0. The van der Waals surface area contributed by atoms with Gasteiger partial charge in [0, 0.05) is 11.0 Å². The van der Waals surface area contributed by atoms with E-state index in [1.807, 2.05) is 0 Å². The van der Waals surface area contributed by atoms with Crippen LogP contribution in [0.5, 0.6) is 5.75 Å². The zero-order chi connectivity index (χ0) is 13.8. The van der Waals surface area contributed by atoms with Gasteiger partial charge >= 0.3 is 0 Å². The van der Waals surface area contributed by atoms with Gasteiger partial charge < -0.3 is 10.5 Å². The molecule has 1 aromatic carbocycles. The molecule has 0 spiro atoms. The van der Waals surface area contributed by atoms with Crippen LogP contribution in [0.1, 0.15) is 56.1 Å². The molecule has 20 heavy (non-hydrogen) atoms. The molecule has 2 saturated carbocycles. The number of hydrogen-bond donors (Lipinski definition) is 1. The van der Waals surface area contributed by atoms with Crippen molar-refractivity contribution in [1.82, 2.24) is 0 Å². The minimum Gasteiger partial charge on any atom is -0.497 e. The van der Waals surface area contributed by atoms with E-state index in [1.54, 1.807) is 12.7 Å². The van der Waals surface area contributed by atoms with Crippen molar-refractivity contribution in [2.75, 3.05) is 7.11 Å². The van der Waals surface area contributed by atoms with E-state index in [0.29, 0.717) is 5.92 Å². The van der Waals surface area contributed by atoms with Crippen LogP contribution in [0.3, 0.4) is 0 Å². The maximum Gasteiger partial charge on any atom is 0.119 e. The SMILES string of the molecule is COc1ccc2c(c1)[C@]13CCCC[C@]1(N)[C@@H](CCC3)C2. The fourth-order valence-electron chi connectivity index (χ4n) is 5.55. The van der Waals surface area contributed by atoms with E-state index in [9.17, 15) is 0 Å². The van der Waals surface area contributed by atoms with Crippen molar-refractivity contribution in [3.63, 3.8) is 0 Å². The highest BCUT2D eigenvalue weighted by molar-refractivity contribution is 5.48. The summed E-state index contributed by atoms with van der Waals surface area (Å²) in [5.41, 5.74) is 10.4. The van der Waals surface area contributed by atoms with Crippen molar-refractivity contribution >= 4 is 0 Å². The van der Waals surface area contributed by atoms with E-state index in [2.05, 4.69) is 18.2 Å². The Balaban J connectivity index is 1.93. The highest BCUT2D eigenvalue weighted by atomic mass is 16.5. The molecule has 2 nitrogen and oxygen atoms in total. The lowest BCUT2D eigenvalue weighted by Crippen LogP contribution is -2.68. The molecule has 108 valence electrons. The molecule has 2 fully saturated rings. The lowest BCUT2D eigenvalue weighted by atomic mass is 9.45.